The summed E-state index contributed by atoms with van der Waals surface area (Å²) < 4.78 is 2.44. The first-order chi connectivity index (χ1) is 16.4. The highest BCUT2D eigenvalue weighted by atomic mass is 16.2. The van der Waals surface area contributed by atoms with Crippen LogP contribution in [0, 0.1) is 0 Å². The predicted molar refractivity (Wildman–Crippen MR) is 140 cm³/mol. The topological polar surface area (TPSA) is 83.6 Å². The van der Waals surface area contributed by atoms with Crippen LogP contribution in [0.3, 0.4) is 0 Å². The zero-order valence-electron chi connectivity index (χ0n) is 21.7. The van der Waals surface area contributed by atoms with Crippen LogP contribution in [0.1, 0.15) is 47.0 Å². The number of piperazine rings is 1. The van der Waals surface area contributed by atoms with Crippen LogP contribution in [0.25, 0.3) is 0 Å². The summed E-state index contributed by atoms with van der Waals surface area (Å²) in [7, 11) is 1.47. The Morgan fingerprint density at radius 3 is 2.38 bits per heavy atom. The van der Waals surface area contributed by atoms with Crippen molar-refractivity contribution >= 4 is 0 Å². The molecular weight excluding hydrogens is 430 g/mol. The van der Waals surface area contributed by atoms with Gasteiger partial charge in [-0.25, -0.2) is 9.48 Å². The highest BCUT2D eigenvalue weighted by molar-refractivity contribution is 5.45. The Morgan fingerprint density at radius 2 is 1.79 bits per heavy atom. The SMILES string of the molecule is C=CC(/C(=C\CC)N1CCN(CCCCn2ncc(=O)n(C)c2=O)CC1)=C(C)\C=C/CO.CC. The van der Waals surface area contributed by atoms with Gasteiger partial charge in [-0.1, -0.05) is 51.7 Å². The number of aliphatic hydroxyl groups excluding tert-OH is 1. The number of aryl methyl sites for hydroxylation is 1. The molecule has 1 fully saturated rings. The fourth-order valence-corrected chi connectivity index (χ4v) is 3.87. The van der Waals surface area contributed by atoms with Crippen LogP contribution >= 0.6 is 0 Å². The average molecular weight is 474 g/mol. The summed E-state index contributed by atoms with van der Waals surface area (Å²) in [4.78, 5) is 28.3. The molecule has 0 bridgehead atoms. The van der Waals surface area contributed by atoms with Crippen molar-refractivity contribution in [1.29, 1.82) is 0 Å². The van der Waals surface area contributed by atoms with Crippen LogP contribution in [0.2, 0.25) is 0 Å². The van der Waals surface area contributed by atoms with Crippen LogP contribution in [0.15, 0.2) is 63.5 Å². The molecule has 8 nitrogen and oxygen atoms in total. The van der Waals surface area contributed by atoms with E-state index >= 15 is 0 Å². The number of allylic oxidation sites excluding steroid dienone is 4. The summed E-state index contributed by atoms with van der Waals surface area (Å²) in [6, 6.07) is 0. The first-order valence-electron chi connectivity index (χ1n) is 12.3. The molecule has 0 amide bonds. The lowest BCUT2D eigenvalue weighted by atomic mass is 10.0. The van der Waals surface area contributed by atoms with Crippen LogP contribution < -0.4 is 11.2 Å². The third kappa shape index (κ3) is 8.57. The van der Waals surface area contributed by atoms with E-state index in [0.717, 1.165) is 67.7 Å². The van der Waals surface area contributed by atoms with Gasteiger partial charge in [0.2, 0.25) is 0 Å². The average Bonchev–Trinajstić information content (AvgIpc) is 2.86. The number of rotatable bonds is 11. The first kappa shape index (κ1) is 29.3. The molecule has 0 radical (unpaired) electrons. The number of aliphatic hydroxyl groups is 1. The van der Waals surface area contributed by atoms with Gasteiger partial charge in [-0.05, 0) is 43.9 Å². The van der Waals surface area contributed by atoms with Gasteiger partial charge in [0.15, 0.2) is 0 Å². The van der Waals surface area contributed by atoms with Crippen molar-refractivity contribution in [2.45, 2.75) is 53.5 Å². The Hall–Kier alpha value is -2.71. The highest BCUT2D eigenvalue weighted by Gasteiger charge is 2.20. The highest BCUT2D eigenvalue weighted by Crippen LogP contribution is 2.23. The van der Waals surface area contributed by atoms with Crippen molar-refractivity contribution in [1.82, 2.24) is 24.1 Å². The molecule has 2 heterocycles. The summed E-state index contributed by atoms with van der Waals surface area (Å²) in [6.45, 7) is 17.6. The van der Waals surface area contributed by atoms with Crippen LogP contribution in [0.5, 0.6) is 0 Å². The number of unbranched alkanes of at least 4 members (excludes halogenated alkanes) is 1. The van der Waals surface area contributed by atoms with Crippen LogP contribution in [0.4, 0.5) is 0 Å². The zero-order chi connectivity index (χ0) is 25.5. The smallest absolute Gasteiger partial charge is 0.347 e. The molecule has 1 aliphatic rings. The third-order valence-electron chi connectivity index (χ3n) is 5.73. The molecule has 1 N–H and O–H groups in total. The lowest BCUT2D eigenvalue weighted by Crippen LogP contribution is -2.46. The fourth-order valence-electron chi connectivity index (χ4n) is 3.87. The van der Waals surface area contributed by atoms with Crippen molar-refractivity contribution in [3.8, 4) is 0 Å². The molecule has 190 valence electrons. The Bertz CT molecular complexity index is 963. The van der Waals surface area contributed by atoms with Gasteiger partial charge in [-0.3, -0.25) is 14.3 Å². The van der Waals surface area contributed by atoms with E-state index in [0.29, 0.717) is 6.54 Å². The molecule has 0 aromatic carbocycles. The van der Waals surface area contributed by atoms with E-state index in [2.05, 4.69) is 34.5 Å². The van der Waals surface area contributed by atoms with Gasteiger partial charge in [0.05, 0.1) is 6.61 Å². The van der Waals surface area contributed by atoms with Crippen LogP contribution in [-0.2, 0) is 13.6 Å². The van der Waals surface area contributed by atoms with E-state index in [9.17, 15) is 9.59 Å². The summed E-state index contributed by atoms with van der Waals surface area (Å²) in [5, 5.41) is 13.0. The maximum Gasteiger partial charge on any atom is 0.347 e. The van der Waals surface area contributed by atoms with E-state index in [1.165, 1.54) is 23.6 Å². The van der Waals surface area contributed by atoms with E-state index in [1.54, 1.807) is 6.08 Å². The Kier molecular flexibility index (Phi) is 13.8. The van der Waals surface area contributed by atoms with Gasteiger partial charge in [0.1, 0.15) is 6.20 Å². The van der Waals surface area contributed by atoms with Gasteiger partial charge in [-0.15, -0.1) is 0 Å². The van der Waals surface area contributed by atoms with Gasteiger partial charge in [0, 0.05) is 45.5 Å². The number of aromatic nitrogens is 3. The normalized spacial score (nSPS) is 15.7. The van der Waals surface area contributed by atoms with Crippen molar-refractivity contribution in [3.05, 3.63) is 74.8 Å². The van der Waals surface area contributed by atoms with E-state index < -0.39 is 0 Å². The van der Waals surface area contributed by atoms with Crippen LogP contribution in [-0.4, -0.2) is 68.6 Å². The van der Waals surface area contributed by atoms with Gasteiger partial charge >= 0.3 is 5.69 Å². The standard InChI is InChI=1S/C24H37N5O3.C2H6/c1-5-10-22(21(6-2)20(3)11-9-18-30)28-16-14-27(15-17-28)12-7-8-13-29-24(32)26(4)23(31)19-25-29;1-2/h6,9-11,19,30H,2,5,7-8,12-18H2,1,3-4H3;1-2H3/b11-9-,21-20+,22-10+;. The van der Waals surface area contributed by atoms with Crippen molar-refractivity contribution in [2.75, 3.05) is 39.3 Å². The van der Waals surface area contributed by atoms with E-state index in [4.69, 9.17) is 5.11 Å². The molecule has 0 atom stereocenters. The Labute approximate surface area is 204 Å². The second-order valence-corrected chi connectivity index (χ2v) is 7.97. The molecule has 0 unspecified atom stereocenters. The monoisotopic (exact) mass is 473 g/mol. The second kappa shape index (κ2) is 16.0. The molecule has 2 rings (SSSR count). The lowest BCUT2D eigenvalue weighted by molar-refractivity contribution is 0.158. The third-order valence-corrected chi connectivity index (χ3v) is 5.73. The molecule has 1 aliphatic heterocycles. The number of nitrogens with zero attached hydrogens (tertiary/aromatic N) is 5. The molecule has 1 saturated heterocycles. The van der Waals surface area contributed by atoms with Gasteiger partial charge < -0.3 is 10.0 Å². The van der Waals surface area contributed by atoms with Gasteiger partial charge in [0.25, 0.3) is 5.56 Å². The largest absolute Gasteiger partial charge is 0.392 e. The van der Waals surface area contributed by atoms with Gasteiger partial charge in [-0.2, -0.15) is 5.10 Å². The fraction of sp³-hybridized carbons (Fsp3) is 0.577. The molecule has 1 aromatic heterocycles. The summed E-state index contributed by atoms with van der Waals surface area (Å²) in [5.41, 5.74) is 2.67. The van der Waals surface area contributed by atoms with E-state index in [1.807, 2.05) is 32.9 Å². The minimum atomic E-state index is -0.380. The summed E-state index contributed by atoms with van der Waals surface area (Å²) >= 11 is 0. The Balaban J connectivity index is 0.00000281. The Morgan fingerprint density at radius 1 is 1.15 bits per heavy atom. The zero-order valence-corrected chi connectivity index (χ0v) is 21.7. The minimum Gasteiger partial charge on any atom is -0.392 e. The molecule has 0 spiro atoms. The molecular formula is C26H43N5O3. The lowest BCUT2D eigenvalue weighted by Gasteiger charge is -2.38. The maximum atomic E-state index is 12.0. The quantitative estimate of drug-likeness (QED) is 0.393. The molecule has 0 aliphatic carbocycles. The van der Waals surface area contributed by atoms with E-state index in [-0.39, 0.29) is 17.9 Å². The maximum absolute atomic E-state index is 12.0. The number of hydrogen-bond donors (Lipinski definition) is 1. The molecule has 0 saturated carbocycles. The summed E-state index contributed by atoms with van der Waals surface area (Å²) in [6.07, 6.45) is 11.8. The molecule has 8 heteroatoms. The molecule has 34 heavy (non-hydrogen) atoms. The van der Waals surface area contributed by atoms with Crippen molar-refractivity contribution < 1.29 is 5.11 Å². The number of hydrogen-bond acceptors (Lipinski definition) is 6. The minimum absolute atomic E-state index is 0.0281. The van der Waals surface area contributed by atoms with Crippen molar-refractivity contribution in [3.63, 3.8) is 0 Å². The predicted octanol–water partition coefficient (Wildman–Crippen LogP) is 2.71. The van der Waals surface area contributed by atoms with Crippen molar-refractivity contribution in [2.24, 2.45) is 7.05 Å². The first-order valence-corrected chi connectivity index (χ1v) is 12.3. The summed E-state index contributed by atoms with van der Waals surface area (Å²) in [5.74, 6) is 0. The second-order valence-electron chi connectivity index (χ2n) is 7.97. The molecule has 1 aromatic rings.